The Bertz CT molecular complexity index is 656. The van der Waals surface area contributed by atoms with Crippen LogP contribution in [0.4, 0.5) is 0 Å². The van der Waals surface area contributed by atoms with Gasteiger partial charge in [-0.3, -0.25) is 0 Å². The zero-order valence-electron chi connectivity index (χ0n) is 10.9. The van der Waals surface area contributed by atoms with Gasteiger partial charge in [0, 0.05) is 11.4 Å². The summed E-state index contributed by atoms with van der Waals surface area (Å²) in [5.41, 5.74) is 1.10. The average molecular weight is 375 g/mol. The van der Waals surface area contributed by atoms with Crippen LogP contribution >= 0.6 is 27.3 Å². The molecule has 1 atom stereocenters. The maximum Gasteiger partial charge on any atom is 0.251 e. The van der Waals surface area contributed by atoms with Crippen LogP contribution in [0.3, 0.4) is 0 Å². The molecule has 0 aliphatic carbocycles. The molecule has 0 aliphatic rings. The topological polar surface area (TPSA) is 59.1 Å². The fourth-order valence-corrected chi connectivity index (χ4v) is 4.74. The quantitative estimate of drug-likeness (QED) is 0.790. The SMILES string of the molecule is Cc1ncc(S(=O)(=O)NC(CBr)Cc2ccccc2)s1. The van der Waals surface area contributed by atoms with Crippen molar-refractivity contribution in [3.8, 4) is 0 Å². The Morgan fingerprint density at radius 2 is 2.05 bits per heavy atom. The molecule has 0 spiro atoms. The van der Waals surface area contributed by atoms with Crippen LogP contribution in [0.5, 0.6) is 0 Å². The first-order valence-corrected chi connectivity index (χ1v) is 9.48. The molecule has 1 N–H and O–H groups in total. The Labute approximate surface area is 131 Å². The second kappa shape index (κ2) is 6.80. The van der Waals surface area contributed by atoms with E-state index in [0.717, 1.165) is 10.6 Å². The summed E-state index contributed by atoms with van der Waals surface area (Å²) in [5, 5.41) is 1.29. The molecule has 4 nitrogen and oxygen atoms in total. The van der Waals surface area contributed by atoms with Gasteiger partial charge in [0.15, 0.2) is 4.21 Å². The molecule has 1 aromatic heterocycles. The van der Waals surface area contributed by atoms with Crippen LogP contribution in [0, 0.1) is 6.92 Å². The molecular formula is C13H15BrN2O2S2. The summed E-state index contributed by atoms with van der Waals surface area (Å²) < 4.78 is 27.5. The summed E-state index contributed by atoms with van der Waals surface area (Å²) in [6.07, 6.45) is 2.04. The first-order chi connectivity index (χ1) is 9.51. The molecule has 1 unspecified atom stereocenters. The maximum absolute atomic E-state index is 12.2. The van der Waals surface area contributed by atoms with Gasteiger partial charge in [-0.2, -0.15) is 0 Å². The van der Waals surface area contributed by atoms with E-state index in [9.17, 15) is 8.42 Å². The van der Waals surface area contributed by atoms with E-state index in [4.69, 9.17) is 0 Å². The van der Waals surface area contributed by atoms with E-state index >= 15 is 0 Å². The highest BCUT2D eigenvalue weighted by Gasteiger charge is 2.21. The molecule has 2 aromatic rings. The Morgan fingerprint density at radius 1 is 1.35 bits per heavy atom. The van der Waals surface area contributed by atoms with Crippen LogP contribution in [0.1, 0.15) is 10.6 Å². The number of halogens is 1. The second-order valence-electron chi connectivity index (χ2n) is 4.36. The fourth-order valence-electron chi connectivity index (χ4n) is 1.77. The van der Waals surface area contributed by atoms with Crippen molar-refractivity contribution < 1.29 is 8.42 Å². The number of aromatic nitrogens is 1. The lowest BCUT2D eigenvalue weighted by Gasteiger charge is -2.15. The van der Waals surface area contributed by atoms with E-state index < -0.39 is 10.0 Å². The van der Waals surface area contributed by atoms with Crippen molar-refractivity contribution in [3.05, 3.63) is 47.1 Å². The van der Waals surface area contributed by atoms with Gasteiger partial charge in [-0.1, -0.05) is 46.3 Å². The third-order valence-electron chi connectivity index (χ3n) is 2.70. The number of hydrogen-bond donors (Lipinski definition) is 1. The molecule has 20 heavy (non-hydrogen) atoms. The number of hydrogen-bond acceptors (Lipinski definition) is 4. The second-order valence-corrected chi connectivity index (χ2v) is 8.18. The van der Waals surface area contributed by atoms with Gasteiger partial charge in [-0.15, -0.1) is 11.3 Å². The van der Waals surface area contributed by atoms with Crippen LogP contribution in [0.25, 0.3) is 0 Å². The molecule has 0 aliphatic heterocycles. The molecule has 1 heterocycles. The Morgan fingerprint density at radius 3 is 2.60 bits per heavy atom. The van der Waals surface area contributed by atoms with Crippen molar-refractivity contribution in [2.45, 2.75) is 23.6 Å². The van der Waals surface area contributed by atoms with Crippen molar-refractivity contribution in [2.24, 2.45) is 0 Å². The molecule has 0 amide bonds. The fraction of sp³-hybridized carbons (Fsp3) is 0.308. The largest absolute Gasteiger partial charge is 0.251 e. The molecule has 0 saturated carbocycles. The predicted octanol–water partition coefficient (Wildman–Crippen LogP) is 2.74. The molecule has 7 heteroatoms. The van der Waals surface area contributed by atoms with Crippen molar-refractivity contribution in [1.29, 1.82) is 0 Å². The molecule has 0 saturated heterocycles. The van der Waals surface area contributed by atoms with E-state index in [1.54, 1.807) is 6.92 Å². The summed E-state index contributed by atoms with van der Waals surface area (Å²) in [7, 11) is -3.49. The zero-order valence-corrected chi connectivity index (χ0v) is 14.1. The smallest absolute Gasteiger partial charge is 0.249 e. The summed E-state index contributed by atoms with van der Waals surface area (Å²) >= 11 is 4.54. The van der Waals surface area contributed by atoms with E-state index in [1.807, 2.05) is 30.3 Å². The number of rotatable bonds is 6. The Hall–Kier alpha value is -0.760. The minimum atomic E-state index is -3.49. The normalized spacial score (nSPS) is 13.3. The minimum Gasteiger partial charge on any atom is -0.249 e. The highest BCUT2D eigenvalue weighted by molar-refractivity contribution is 9.09. The van der Waals surface area contributed by atoms with Gasteiger partial charge >= 0.3 is 0 Å². The van der Waals surface area contributed by atoms with Gasteiger partial charge < -0.3 is 0 Å². The molecule has 108 valence electrons. The van der Waals surface area contributed by atoms with Crippen molar-refractivity contribution in [1.82, 2.24) is 9.71 Å². The lowest BCUT2D eigenvalue weighted by molar-refractivity contribution is 0.564. The van der Waals surface area contributed by atoms with Crippen LogP contribution in [0.2, 0.25) is 0 Å². The van der Waals surface area contributed by atoms with Crippen LogP contribution in [-0.2, 0) is 16.4 Å². The lowest BCUT2D eigenvalue weighted by atomic mass is 10.1. The van der Waals surface area contributed by atoms with Crippen molar-refractivity contribution >= 4 is 37.3 Å². The first kappa shape index (κ1) is 15.6. The Kier molecular flexibility index (Phi) is 5.31. The summed E-state index contributed by atoms with van der Waals surface area (Å²) in [6, 6.07) is 9.62. The molecule has 1 aromatic carbocycles. The van der Waals surface area contributed by atoms with Crippen molar-refractivity contribution in [2.75, 3.05) is 5.33 Å². The van der Waals surface area contributed by atoms with Gasteiger partial charge in [-0.05, 0) is 18.9 Å². The predicted molar refractivity (Wildman–Crippen MR) is 84.9 cm³/mol. The number of sulfonamides is 1. The highest BCUT2D eigenvalue weighted by atomic mass is 79.9. The zero-order chi connectivity index (χ0) is 14.6. The summed E-state index contributed by atoms with van der Waals surface area (Å²) in [5.74, 6) is 0. The lowest BCUT2D eigenvalue weighted by Crippen LogP contribution is -2.37. The molecule has 0 bridgehead atoms. The molecular weight excluding hydrogens is 360 g/mol. The molecule has 0 fully saturated rings. The van der Waals surface area contributed by atoms with Crippen LogP contribution < -0.4 is 4.72 Å². The third-order valence-corrected chi connectivity index (χ3v) is 6.37. The average Bonchev–Trinajstić information content (AvgIpc) is 2.86. The standard InChI is InChI=1S/C13H15BrN2O2S2/c1-10-15-9-13(19-10)20(17,18)16-12(8-14)7-11-5-3-2-4-6-11/h2-6,9,12,16H,7-8H2,1H3. The van der Waals surface area contributed by atoms with E-state index in [0.29, 0.717) is 11.8 Å². The van der Waals surface area contributed by atoms with Gasteiger partial charge in [-0.25, -0.2) is 18.1 Å². The van der Waals surface area contributed by atoms with Gasteiger partial charge in [0.05, 0.1) is 11.2 Å². The number of benzene rings is 1. The van der Waals surface area contributed by atoms with Crippen molar-refractivity contribution in [3.63, 3.8) is 0 Å². The number of nitrogens with one attached hydrogen (secondary N) is 1. The monoisotopic (exact) mass is 374 g/mol. The molecule has 2 rings (SSSR count). The summed E-state index contributed by atoms with van der Waals surface area (Å²) in [4.78, 5) is 3.99. The number of nitrogens with zero attached hydrogens (tertiary/aromatic N) is 1. The van der Waals surface area contributed by atoms with Crippen LogP contribution in [0.15, 0.2) is 40.7 Å². The summed E-state index contributed by atoms with van der Waals surface area (Å²) in [6.45, 7) is 1.79. The van der Waals surface area contributed by atoms with Gasteiger partial charge in [0.25, 0.3) is 10.0 Å². The van der Waals surface area contributed by atoms with Gasteiger partial charge in [0.1, 0.15) is 0 Å². The van der Waals surface area contributed by atoms with E-state index in [2.05, 4.69) is 25.6 Å². The van der Waals surface area contributed by atoms with Gasteiger partial charge in [0.2, 0.25) is 0 Å². The Balaban J connectivity index is 2.10. The minimum absolute atomic E-state index is 0.190. The highest BCUT2D eigenvalue weighted by Crippen LogP contribution is 2.18. The maximum atomic E-state index is 12.2. The number of alkyl halides is 1. The van der Waals surface area contributed by atoms with Crippen LogP contribution in [-0.4, -0.2) is 24.8 Å². The van der Waals surface area contributed by atoms with E-state index in [-0.39, 0.29) is 10.3 Å². The molecule has 0 radical (unpaired) electrons. The van der Waals surface area contributed by atoms with E-state index in [1.165, 1.54) is 17.5 Å². The number of thiazole rings is 1. The number of aryl methyl sites for hydroxylation is 1. The first-order valence-electron chi connectivity index (χ1n) is 6.06. The third kappa shape index (κ3) is 4.12.